The molecule has 1 aliphatic carbocycles. The fourth-order valence-corrected chi connectivity index (χ4v) is 3.36. The van der Waals surface area contributed by atoms with E-state index in [4.69, 9.17) is 9.84 Å². The summed E-state index contributed by atoms with van der Waals surface area (Å²) in [5.74, 6) is 0.761. The van der Waals surface area contributed by atoms with Gasteiger partial charge < -0.3 is 20.1 Å². The van der Waals surface area contributed by atoms with Crippen LogP contribution >= 0.6 is 11.3 Å². The average Bonchev–Trinajstić information content (AvgIpc) is 3.34. The van der Waals surface area contributed by atoms with Gasteiger partial charge in [-0.2, -0.15) is 0 Å². The molecule has 7 heteroatoms. The van der Waals surface area contributed by atoms with Crippen molar-refractivity contribution in [3.63, 3.8) is 0 Å². The Labute approximate surface area is 164 Å². The highest BCUT2D eigenvalue weighted by molar-refractivity contribution is 7.09. The molecular weight excluding hydrogens is 362 g/mol. The van der Waals surface area contributed by atoms with Crippen molar-refractivity contribution >= 4 is 17.4 Å². The number of aliphatic hydroxyl groups is 1. The summed E-state index contributed by atoms with van der Waals surface area (Å²) in [7, 11) is 0. The largest absolute Gasteiger partial charge is 0.486 e. The van der Waals surface area contributed by atoms with E-state index in [2.05, 4.69) is 10.3 Å². The van der Waals surface area contributed by atoms with E-state index in [0.717, 1.165) is 29.2 Å². The van der Waals surface area contributed by atoms with Gasteiger partial charge in [0.15, 0.2) is 0 Å². The second-order valence-electron chi connectivity index (χ2n) is 7.86. The lowest BCUT2D eigenvalue weighted by atomic mass is 10.1. The number of hydrogen-bond acceptors (Lipinski definition) is 5. The predicted octanol–water partition coefficient (Wildman–Crippen LogP) is 3.69. The number of benzene rings is 1. The Morgan fingerprint density at radius 3 is 2.59 bits per heavy atom. The van der Waals surface area contributed by atoms with Gasteiger partial charge in [0, 0.05) is 23.5 Å². The van der Waals surface area contributed by atoms with E-state index in [-0.39, 0.29) is 18.2 Å². The van der Waals surface area contributed by atoms with Crippen LogP contribution in [0.15, 0.2) is 29.6 Å². The van der Waals surface area contributed by atoms with Gasteiger partial charge in [0.1, 0.15) is 17.4 Å². The predicted molar refractivity (Wildman–Crippen MR) is 106 cm³/mol. The first-order valence-electron chi connectivity index (χ1n) is 9.19. The summed E-state index contributed by atoms with van der Waals surface area (Å²) in [6.07, 6.45) is 2.14. The maximum atomic E-state index is 12.6. The standard InChI is InChI=1S/C20H27N3O3S/c1-20(2,3)22-19(25)23(16-6-7-16)10-14-4-8-17(9-5-14)26-12-18-21-15(11-24)13-27-18/h4-5,8-9,13,16,24H,6-7,10-12H2,1-3H3,(H,22,25). The van der Waals surface area contributed by atoms with Crippen molar-refractivity contribution in [1.82, 2.24) is 15.2 Å². The lowest BCUT2D eigenvalue weighted by molar-refractivity contribution is 0.183. The number of urea groups is 1. The Balaban J connectivity index is 1.56. The van der Waals surface area contributed by atoms with E-state index in [0.29, 0.717) is 24.9 Å². The molecule has 1 heterocycles. The van der Waals surface area contributed by atoms with Gasteiger partial charge in [-0.3, -0.25) is 0 Å². The molecule has 1 aromatic carbocycles. The minimum Gasteiger partial charge on any atom is -0.486 e. The maximum absolute atomic E-state index is 12.6. The molecule has 0 atom stereocenters. The number of hydrogen-bond donors (Lipinski definition) is 2. The SMILES string of the molecule is CC(C)(C)NC(=O)N(Cc1ccc(OCc2nc(CO)cs2)cc1)C1CC1. The van der Waals surface area contributed by atoms with E-state index in [1.807, 2.05) is 55.3 Å². The first-order valence-corrected chi connectivity index (χ1v) is 10.1. The molecule has 1 saturated carbocycles. The van der Waals surface area contributed by atoms with Crippen LogP contribution in [0.3, 0.4) is 0 Å². The smallest absolute Gasteiger partial charge is 0.318 e. The molecule has 27 heavy (non-hydrogen) atoms. The number of carbonyl (C=O) groups is 1. The molecule has 2 N–H and O–H groups in total. The van der Waals surface area contributed by atoms with Crippen LogP contribution in [0.5, 0.6) is 5.75 Å². The molecule has 0 aliphatic heterocycles. The lowest BCUT2D eigenvalue weighted by Crippen LogP contribution is -2.49. The van der Waals surface area contributed by atoms with E-state index < -0.39 is 0 Å². The van der Waals surface area contributed by atoms with Gasteiger partial charge in [-0.05, 0) is 51.3 Å². The number of aromatic nitrogens is 1. The number of ether oxygens (including phenoxy) is 1. The van der Waals surface area contributed by atoms with Crippen LogP contribution in [0, 0.1) is 0 Å². The minimum absolute atomic E-state index is 0.00576. The lowest BCUT2D eigenvalue weighted by Gasteiger charge is -2.28. The summed E-state index contributed by atoms with van der Waals surface area (Å²) in [5.41, 5.74) is 1.51. The summed E-state index contributed by atoms with van der Waals surface area (Å²) in [4.78, 5) is 18.8. The molecule has 6 nitrogen and oxygen atoms in total. The van der Waals surface area contributed by atoms with Crippen molar-refractivity contribution < 1.29 is 14.6 Å². The van der Waals surface area contributed by atoms with E-state index in [9.17, 15) is 4.79 Å². The number of rotatable bonds is 7. The molecule has 0 bridgehead atoms. The maximum Gasteiger partial charge on any atom is 0.318 e. The quantitative estimate of drug-likeness (QED) is 0.757. The van der Waals surface area contributed by atoms with Gasteiger partial charge in [-0.25, -0.2) is 9.78 Å². The number of aliphatic hydroxyl groups excluding tert-OH is 1. The molecule has 0 spiro atoms. The number of nitrogens with zero attached hydrogens (tertiary/aromatic N) is 2. The Morgan fingerprint density at radius 1 is 1.33 bits per heavy atom. The second kappa shape index (κ2) is 8.27. The van der Waals surface area contributed by atoms with Crippen LogP contribution in [-0.2, 0) is 19.8 Å². The highest BCUT2D eigenvalue weighted by Gasteiger charge is 2.33. The summed E-state index contributed by atoms with van der Waals surface area (Å²) in [5, 5.41) is 14.8. The topological polar surface area (TPSA) is 74.7 Å². The number of thiazole rings is 1. The van der Waals surface area contributed by atoms with Crippen molar-refractivity contribution in [3.8, 4) is 5.75 Å². The van der Waals surface area contributed by atoms with E-state index in [1.165, 1.54) is 11.3 Å². The van der Waals surface area contributed by atoms with Crippen LogP contribution < -0.4 is 10.1 Å². The zero-order valence-corrected chi connectivity index (χ0v) is 16.9. The zero-order valence-electron chi connectivity index (χ0n) is 16.1. The van der Waals surface area contributed by atoms with Crippen molar-refractivity contribution in [2.75, 3.05) is 0 Å². The Hall–Kier alpha value is -2.12. The van der Waals surface area contributed by atoms with Gasteiger partial charge >= 0.3 is 6.03 Å². The van der Waals surface area contributed by atoms with Crippen molar-refractivity contribution in [3.05, 3.63) is 45.9 Å². The molecule has 0 saturated heterocycles. The summed E-state index contributed by atoms with van der Waals surface area (Å²) >= 11 is 1.48. The van der Waals surface area contributed by atoms with Crippen LogP contribution in [0.2, 0.25) is 0 Å². The van der Waals surface area contributed by atoms with Crippen molar-refractivity contribution in [2.24, 2.45) is 0 Å². The number of carbonyl (C=O) groups excluding carboxylic acids is 1. The molecule has 0 unspecified atom stereocenters. The third kappa shape index (κ3) is 5.94. The Morgan fingerprint density at radius 2 is 2.04 bits per heavy atom. The molecule has 1 fully saturated rings. The van der Waals surface area contributed by atoms with Gasteiger partial charge in [0.25, 0.3) is 0 Å². The molecule has 2 amide bonds. The Kier molecular flexibility index (Phi) is 6.01. The van der Waals surface area contributed by atoms with Crippen LogP contribution in [0.25, 0.3) is 0 Å². The van der Waals surface area contributed by atoms with E-state index >= 15 is 0 Å². The highest BCUT2D eigenvalue weighted by atomic mass is 32.1. The molecular formula is C20H27N3O3S. The third-order valence-electron chi connectivity index (χ3n) is 4.13. The fraction of sp³-hybridized carbons (Fsp3) is 0.500. The monoisotopic (exact) mass is 389 g/mol. The molecule has 1 aliphatic rings. The normalized spacial score (nSPS) is 14.1. The van der Waals surface area contributed by atoms with Crippen molar-refractivity contribution in [2.45, 2.75) is 65.0 Å². The van der Waals surface area contributed by atoms with Crippen molar-refractivity contribution in [1.29, 1.82) is 0 Å². The van der Waals surface area contributed by atoms with Gasteiger partial charge in [-0.15, -0.1) is 11.3 Å². The first-order chi connectivity index (χ1) is 12.8. The van der Waals surface area contributed by atoms with E-state index in [1.54, 1.807) is 0 Å². The first kappa shape index (κ1) is 19.6. The Bertz CT molecular complexity index is 764. The van der Waals surface area contributed by atoms with Gasteiger partial charge in [0.2, 0.25) is 0 Å². The van der Waals surface area contributed by atoms with Crippen LogP contribution in [-0.4, -0.2) is 32.6 Å². The zero-order chi connectivity index (χ0) is 19.4. The summed E-state index contributed by atoms with van der Waals surface area (Å²) < 4.78 is 5.76. The van der Waals surface area contributed by atoms with Gasteiger partial charge in [-0.1, -0.05) is 12.1 Å². The molecule has 2 aromatic rings. The molecule has 3 rings (SSSR count). The molecule has 146 valence electrons. The molecule has 1 aromatic heterocycles. The minimum atomic E-state index is -0.242. The van der Waals surface area contributed by atoms with Crippen LogP contribution in [0.4, 0.5) is 4.79 Å². The number of amides is 2. The average molecular weight is 390 g/mol. The van der Waals surface area contributed by atoms with Gasteiger partial charge in [0.05, 0.1) is 12.3 Å². The third-order valence-corrected chi connectivity index (χ3v) is 5.00. The highest BCUT2D eigenvalue weighted by Crippen LogP contribution is 2.29. The number of nitrogens with one attached hydrogen (secondary N) is 1. The van der Waals surface area contributed by atoms with Crippen LogP contribution in [0.1, 0.15) is 49.9 Å². The fourth-order valence-electron chi connectivity index (χ4n) is 2.67. The summed E-state index contributed by atoms with van der Waals surface area (Å²) in [6.45, 7) is 6.91. The summed E-state index contributed by atoms with van der Waals surface area (Å²) in [6, 6.07) is 8.17. The molecule has 0 radical (unpaired) electrons. The second-order valence-corrected chi connectivity index (χ2v) is 8.81.